The normalized spacial score (nSPS) is 36.3. The quantitative estimate of drug-likeness (QED) is 0.773. The molecule has 0 amide bonds. The largest absolute Gasteiger partial charge is 0.373 e. The molecule has 116 valence electrons. The van der Waals surface area contributed by atoms with Crippen LogP contribution < -0.4 is 0 Å². The van der Waals surface area contributed by atoms with Crippen molar-refractivity contribution in [1.29, 1.82) is 0 Å². The second-order valence-corrected chi connectivity index (χ2v) is 7.27. The summed E-state index contributed by atoms with van der Waals surface area (Å²) in [7, 11) is 0. The van der Waals surface area contributed by atoms with Gasteiger partial charge < -0.3 is 9.64 Å². The molecule has 0 bridgehead atoms. The van der Waals surface area contributed by atoms with Gasteiger partial charge in [0.05, 0.1) is 12.2 Å². The van der Waals surface area contributed by atoms with Crippen molar-refractivity contribution < 1.29 is 4.74 Å². The van der Waals surface area contributed by atoms with E-state index in [0.717, 1.165) is 25.2 Å². The molecule has 2 atom stereocenters. The first-order chi connectivity index (χ1) is 9.72. The van der Waals surface area contributed by atoms with E-state index < -0.39 is 0 Å². The summed E-state index contributed by atoms with van der Waals surface area (Å²) in [4.78, 5) is 5.50. The summed E-state index contributed by atoms with van der Waals surface area (Å²) >= 11 is 0. The molecule has 20 heavy (non-hydrogen) atoms. The number of likely N-dealkylation sites (tertiary alicyclic amines) is 1. The van der Waals surface area contributed by atoms with Gasteiger partial charge in [0, 0.05) is 25.2 Å². The first-order valence-electron chi connectivity index (χ1n) is 8.86. The van der Waals surface area contributed by atoms with Crippen molar-refractivity contribution in [2.45, 2.75) is 83.1 Å². The molecule has 3 heteroatoms. The zero-order valence-electron chi connectivity index (χ0n) is 13.4. The summed E-state index contributed by atoms with van der Waals surface area (Å²) in [6.07, 6.45) is 10.9. The highest BCUT2D eigenvalue weighted by Crippen LogP contribution is 2.27. The van der Waals surface area contributed by atoms with Crippen LogP contribution in [-0.4, -0.2) is 60.3 Å². The lowest BCUT2D eigenvalue weighted by Gasteiger charge is -2.45. The lowest BCUT2D eigenvalue weighted by Crippen LogP contribution is -2.54. The topological polar surface area (TPSA) is 15.7 Å². The fraction of sp³-hybridized carbons (Fsp3) is 1.00. The number of hydrogen-bond acceptors (Lipinski definition) is 3. The van der Waals surface area contributed by atoms with Gasteiger partial charge in [-0.2, -0.15) is 0 Å². The predicted octanol–water partition coefficient (Wildman–Crippen LogP) is 2.89. The molecule has 0 radical (unpaired) electrons. The van der Waals surface area contributed by atoms with Crippen LogP contribution in [-0.2, 0) is 4.74 Å². The molecule has 0 N–H and O–H groups in total. The Labute approximate surface area is 124 Å². The average molecular weight is 280 g/mol. The number of morpholine rings is 1. The van der Waals surface area contributed by atoms with E-state index in [-0.39, 0.29) is 0 Å². The van der Waals surface area contributed by atoms with Gasteiger partial charge in [0.25, 0.3) is 0 Å². The van der Waals surface area contributed by atoms with Crippen molar-refractivity contribution in [3.8, 4) is 0 Å². The number of nitrogens with zero attached hydrogens (tertiary/aromatic N) is 2. The van der Waals surface area contributed by atoms with Crippen LogP contribution in [0.3, 0.4) is 0 Å². The zero-order chi connectivity index (χ0) is 13.9. The standard InChI is InChI=1S/C17H32N2O/c1-14-12-19(13-15(2)20-14)17-8-10-18(11-9-17)16-6-4-3-5-7-16/h14-17H,3-13H2,1-2H3/t14-,15-/m0/s1. The predicted molar refractivity (Wildman–Crippen MR) is 83.1 cm³/mol. The van der Waals surface area contributed by atoms with Gasteiger partial charge in [-0.15, -0.1) is 0 Å². The van der Waals surface area contributed by atoms with Crippen molar-refractivity contribution in [2.24, 2.45) is 0 Å². The molecule has 0 aromatic carbocycles. The van der Waals surface area contributed by atoms with Crippen molar-refractivity contribution in [3.63, 3.8) is 0 Å². The lowest BCUT2D eigenvalue weighted by molar-refractivity contribution is -0.0877. The number of hydrogen-bond donors (Lipinski definition) is 0. The van der Waals surface area contributed by atoms with Crippen LogP contribution in [0.25, 0.3) is 0 Å². The van der Waals surface area contributed by atoms with E-state index >= 15 is 0 Å². The summed E-state index contributed by atoms with van der Waals surface area (Å²) in [6.45, 7) is 9.38. The Morgan fingerprint density at radius 3 is 1.85 bits per heavy atom. The second-order valence-electron chi connectivity index (χ2n) is 7.27. The van der Waals surface area contributed by atoms with Crippen LogP contribution in [0.4, 0.5) is 0 Å². The molecule has 0 unspecified atom stereocenters. The van der Waals surface area contributed by atoms with Gasteiger partial charge in [-0.05, 0) is 52.6 Å². The Morgan fingerprint density at radius 2 is 1.25 bits per heavy atom. The number of ether oxygens (including phenoxy) is 1. The van der Waals surface area contributed by atoms with Gasteiger partial charge >= 0.3 is 0 Å². The smallest absolute Gasteiger partial charge is 0.0678 e. The lowest BCUT2D eigenvalue weighted by atomic mass is 9.91. The van der Waals surface area contributed by atoms with Crippen LogP contribution >= 0.6 is 0 Å². The van der Waals surface area contributed by atoms with Gasteiger partial charge in [0.1, 0.15) is 0 Å². The SMILES string of the molecule is C[C@H]1CN(C2CCN(C3CCCCC3)CC2)C[C@H](C)O1. The van der Waals surface area contributed by atoms with Crippen LogP contribution in [0.1, 0.15) is 58.8 Å². The van der Waals surface area contributed by atoms with Crippen molar-refractivity contribution in [2.75, 3.05) is 26.2 Å². The molecule has 0 aromatic heterocycles. The maximum Gasteiger partial charge on any atom is 0.0678 e. The molecule has 3 fully saturated rings. The fourth-order valence-corrected chi connectivity index (χ4v) is 4.58. The molecule has 3 rings (SSSR count). The minimum absolute atomic E-state index is 0.412. The summed E-state index contributed by atoms with van der Waals surface area (Å²) in [6, 6.07) is 1.72. The van der Waals surface area contributed by atoms with E-state index in [9.17, 15) is 0 Å². The Morgan fingerprint density at radius 1 is 0.700 bits per heavy atom. The van der Waals surface area contributed by atoms with Gasteiger partial charge in [-0.3, -0.25) is 4.90 Å². The van der Waals surface area contributed by atoms with Gasteiger partial charge in [-0.1, -0.05) is 19.3 Å². The highest BCUT2D eigenvalue weighted by atomic mass is 16.5. The second kappa shape index (κ2) is 6.76. The van der Waals surface area contributed by atoms with Crippen molar-refractivity contribution in [3.05, 3.63) is 0 Å². The van der Waals surface area contributed by atoms with Crippen molar-refractivity contribution in [1.82, 2.24) is 9.80 Å². The Hall–Kier alpha value is -0.120. The fourth-order valence-electron chi connectivity index (χ4n) is 4.58. The average Bonchev–Trinajstić information content (AvgIpc) is 2.47. The van der Waals surface area contributed by atoms with Gasteiger partial charge in [-0.25, -0.2) is 0 Å². The molecule has 1 saturated carbocycles. The maximum atomic E-state index is 5.87. The van der Waals surface area contributed by atoms with Gasteiger partial charge in [0.2, 0.25) is 0 Å². The highest BCUT2D eigenvalue weighted by molar-refractivity contribution is 4.87. The van der Waals surface area contributed by atoms with E-state index in [2.05, 4.69) is 23.6 Å². The molecule has 0 spiro atoms. The molecule has 2 heterocycles. The van der Waals surface area contributed by atoms with Crippen LogP contribution in [0, 0.1) is 0 Å². The van der Waals surface area contributed by atoms with E-state index in [0.29, 0.717) is 12.2 Å². The summed E-state index contributed by atoms with van der Waals surface area (Å²) in [5, 5.41) is 0. The zero-order valence-corrected chi connectivity index (χ0v) is 13.4. The minimum atomic E-state index is 0.412. The van der Waals surface area contributed by atoms with Crippen LogP contribution in [0.2, 0.25) is 0 Å². The molecule has 3 aliphatic rings. The Balaban J connectivity index is 1.48. The molecule has 1 aliphatic carbocycles. The summed E-state index contributed by atoms with van der Waals surface area (Å²) in [5.74, 6) is 0. The number of piperidine rings is 1. The molecule has 2 aliphatic heterocycles. The minimum Gasteiger partial charge on any atom is -0.373 e. The molecule has 0 aromatic rings. The van der Waals surface area contributed by atoms with E-state index in [1.165, 1.54) is 58.0 Å². The Kier molecular flexibility index (Phi) is 5.00. The third kappa shape index (κ3) is 3.55. The van der Waals surface area contributed by atoms with E-state index in [4.69, 9.17) is 4.74 Å². The first-order valence-corrected chi connectivity index (χ1v) is 8.86. The molecular formula is C17H32N2O. The van der Waals surface area contributed by atoms with Crippen LogP contribution in [0.15, 0.2) is 0 Å². The molecule has 2 saturated heterocycles. The van der Waals surface area contributed by atoms with Crippen molar-refractivity contribution >= 4 is 0 Å². The monoisotopic (exact) mass is 280 g/mol. The third-order valence-electron chi connectivity index (χ3n) is 5.55. The van der Waals surface area contributed by atoms with Crippen LogP contribution in [0.5, 0.6) is 0 Å². The molecule has 3 nitrogen and oxygen atoms in total. The Bertz CT molecular complexity index is 285. The maximum absolute atomic E-state index is 5.87. The number of rotatable bonds is 2. The van der Waals surface area contributed by atoms with E-state index in [1.54, 1.807) is 0 Å². The van der Waals surface area contributed by atoms with Gasteiger partial charge in [0.15, 0.2) is 0 Å². The van der Waals surface area contributed by atoms with E-state index in [1.807, 2.05) is 0 Å². The summed E-state index contributed by atoms with van der Waals surface area (Å²) < 4.78 is 5.87. The molecular weight excluding hydrogens is 248 g/mol. The first kappa shape index (κ1) is 14.8. The summed E-state index contributed by atoms with van der Waals surface area (Å²) in [5.41, 5.74) is 0. The highest BCUT2D eigenvalue weighted by Gasteiger charge is 2.32. The third-order valence-corrected chi connectivity index (χ3v) is 5.55.